The standard InChI is InChI=1S/C30H50O/c1-19(2)20-11-14-27(5)17-18-29(7)21(25(20)27)9-10-23-28(6)15-13-24(31)26(3,4)22(28)12-16-30(23,29)8/h20-25,31H,1,9-18H2,2-8H3/t20-,21?,22-,23+,24?,25+,27?,28?,29?,30?/m0/s1. The summed E-state index contributed by atoms with van der Waals surface area (Å²) < 4.78 is 0. The molecule has 0 amide bonds. The van der Waals surface area contributed by atoms with Gasteiger partial charge in [0, 0.05) is 0 Å². The lowest BCUT2D eigenvalue weighted by Gasteiger charge is -2.73. The third-order valence-electron chi connectivity index (χ3n) is 13.5. The smallest absolute Gasteiger partial charge is 0.0594 e. The molecule has 6 unspecified atom stereocenters. The Kier molecular flexibility index (Phi) is 4.82. The van der Waals surface area contributed by atoms with Gasteiger partial charge in [-0.2, -0.15) is 0 Å². The van der Waals surface area contributed by atoms with Gasteiger partial charge in [-0.3, -0.25) is 0 Å². The number of hydrogen-bond donors (Lipinski definition) is 1. The third kappa shape index (κ3) is 2.65. The molecule has 0 bridgehead atoms. The normalized spacial score (nSPS) is 57.9. The van der Waals surface area contributed by atoms with Crippen molar-refractivity contribution >= 4 is 0 Å². The van der Waals surface area contributed by atoms with Crippen LogP contribution in [0.2, 0.25) is 0 Å². The van der Waals surface area contributed by atoms with E-state index in [1.165, 1.54) is 63.4 Å². The molecule has 5 saturated carbocycles. The maximum atomic E-state index is 10.9. The fourth-order valence-electron chi connectivity index (χ4n) is 11.5. The topological polar surface area (TPSA) is 20.2 Å². The minimum Gasteiger partial charge on any atom is -0.393 e. The van der Waals surface area contributed by atoms with Gasteiger partial charge in [-0.25, -0.2) is 0 Å². The molecule has 0 aliphatic heterocycles. The molecule has 5 rings (SSSR count). The highest BCUT2D eigenvalue weighted by Gasteiger charge is 2.70. The van der Waals surface area contributed by atoms with Crippen molar-refractivity contribution in [3.8, 4) is 0 Å². The highest BCUT2D eigenvalue weighted by atomic mass is 16.3. The molecule has 1 N–H and O–H groups in total. The quantitative estimate of drug-likeness (QED) is 0.421. The van der Waals surface area contributed by atoms with Crippen LogP contribution in [0, 0.1) is 56.7 Å². The second-order valence-corrected chi connectivity index (χ2v) is 14.7. The van der Waals surface area contributed by atoms with Crippen molar-refractivity contribution in [1.82, 2.24) is 0 Å². The van der Waals surface area contributed by atoms with Gasteiger partial charge in [0.05, 0.1) is 6.10 Å². The van der Waals surface area contributed by atoms with Crippen LogP contribution in [0.15, 0.2) is 12.2 Å². The first-order chi connectivity index (χ1) is 14.3. The van der Waals surface area contributed by atoms with E-state index >= 15 is 0 Å². The summed E-state index contributed by atoms with van der Waals surface area (Å²) in [7, 11) is 0. The Morgan fingerprint density at radius 1 is 0.742 bits per heavy atom. The monoisotopic (exact) mass is 426 g/mol. The fourth-order valence-corrected chi connectivity index (χ4v) is 11.5. The van der Waals surface area contributed by atoms with Gasteiger partial charge in [-0.05, 0) is 128 Å². The van der Waals surface area contributed by atoms with Crippen LogP contribution in [0.3, 0.4) is 0 Å². The molecule has 31 heavy (non-hydrogen) atoms. The van der Waals surface area contributed by atoms with E-state index in [2.05, 4.69) is 55.0 Å². The number of fused-ring (bicyclic) bond motifs is 7. The number of rotatable bonds is 1. The maximum absolute atomic E-state index is 10.9. The summed E-state index contributed by atoms with van der Waals surface area (Å²) >= 11 is 0. The molecule has 5 fully saturated rings. The van der Waals surface area contributed by atoms with Crippen LogP contribution in [0.4, 0.5) is 0 Å². The van der Waals surface area contributed by atoms with Crippen molar-refractivity contribution < 1.29 is 5.11 Å². The lowest BCUT2D eigenvalue weighted by molar-refractivity contribution is -0.246. The summed E-state index contributed by atoms with van der Waals surface area (Å²) in [6, 6.07) is 0. The highest BCUT2D eigenvalue weighted by Crippen LogP contribution is 2.77. The van der Waals surface area contributed by atoms with Gasteiger partial charge in [-0.1, -0.05) is 53.7 Å². The molecule has 1 nitrogen and oxygen atoms in total. The zero-order valence-electron chi connectivity index (χ0n) is 21.7. The maximum Gasteiger partial charge on any atom is 0.0594 e. The van der Waals surface area contributed by atoms with Crippen LogP contribution >= 0.6 is 0 Å². The predicted molar refractivity (Wildman–Crippen MR) is 131 cm³/mol. The Morgan fingerprint density at radius 3 is 2.13 bits per heavy atom. The lowest BCUT2D eigenvalue weighted by Crippen LogP contribution is -2.66. The largest absolute Gasteiger partial charge is 0.393 e. The lowest BCUT2D eigenvalue weighted by atomic mass is 9.32. The van der Waals surface area contributed by atoms with Crippen LogP contribution in [0.5, 0.6) is 0 Å². The van der Waals surface area contributed by atoms with Crippen molar-refractivity contribution in [1.29, 1.82) is 0 Å². The minimum absolute atomic E-state index is 0.0632. The van der Waals surface area contributed by atoms with E-state index in [1.54, 1.807) is 0 Å². The van der Waals surface area contributed by atoms with Gasteiger partial charge in [0.1, 0.15) is 0 Å². The van der Waals surface area contributed by atoms with Gasteiger partial charge < -0.3 is 5.11 Å². The van der Waals surface area contributed by atoms with Crippen molar-refractivity contribution in [3.05, 3.63) is 12.2 Å². The molecular weight excluding hydrogens is 376 g/mol. The van der Waals surface area contributed by atoms with Crippen LogP contribution < -0.4 is 0 Å². The zero-order valence-corrected chi connectivity index (χ0v) is 21.7. The van der Waals surface area contributed by atoms with Crippen LogP contribution in [-0.4, -0.2) is 11.2 Å². The van der Waals surface area contributed by atoms with Crippen molar-refractivity contribution in [2.24, 2.45) is 56.7 Å². The van der Waals surface area contributed by atoms with Gasteiger partial charge >= 0.3 is 0 Å². The summed E-state index contributed by atoms with van der Waals surface area (Å²) in [4.78, 5) is 0. The Hall–Kier alpha value is -0.300. The van der Waals surface area contributed by atoms with Crippen LogP contribution in [0.1, 0.15) is 113 Å². The van der Waals surface area contributed by atoms with Gasteiger partial charge in [0.15, 0.2) is 0 Å². The molecule has 176 valence electrons. The molecule has 1 heteroatoms. The fraction of sp³-hybridized carbons (Fsp3) is 0.933. The molecule has 0 radical (unpaired) electrons. The average Bonchev–Trinajstić information content (AvgIpc) is 3.04. The van der Waals surface area contributed by atoms with E-state index in [4.69, 9.17) is 0 Å². The van der Waals surface area contributed by atoms with E-state index in [0.717, 1.165) is 30.1 Å². The Labute approximate surface area is 192 Å². The van der Waals surface area contributed by atoms with E-state index in [1.807, 2.05) is 0 Å². The van der Waals surface area contributed by atoms with E-state index in [-0.39, 0.29) is 11.5 Å². The van der Waals surface area contributed by atoms with E-state index in [9.17, 15) is 5.11 Å². The first kappa shape index (κ1) is 22.5. The molecule has 0 spiro atoms. The van der Waals surface area contributed by atoms with Gasteiger partial charge in [0.25, 0.3) is 0 Å². The zero-order chi connectivity index (χ0) is 22.6. The minimum atomic E-state index is -0.118. The number of aliphatic hydroxyl groups excluding tert-OH is 1. The SMILES string of the molecule is C=C(C)[C@@H]1CCC2(C)CCC3(C)C(CC[C@@H]4C5(C)CCC(O)C(C)(C)[C@@H]5CCC43C)[C@@H]12. The highest BCUT2D eigenvalue weighted by molar-refractivity contribution is 5.21. The molecule has 5 aliphatic rings. The summed E-state index contributed by atoms with van der Waals surface area (Å²) in [6.45, 7) is 22.3. The summed E-state index contributed by atoms with van der Waals surface area (Å²) in [5.41, 5.74) is 3.38. The second-order valence-electron chi connectivity index (χ2n) is 14.7. The number of allylic oxidation sites excluding steroid dienone is 1. The summed E-state index contributed by atoms with van der Waals surface area (Å²) in [5.74, 6) is 3.98. The predicted octanol–water partition coefficient (Wildman–Crippen LogP) is 8.02. The van der Waals surface area contributed by atoms with E-state index in [0.29, 0.717) is 27.6 Å². The Balaban J connectivity index is 1.54. The third-order valence-corrected chi connectivity index (χ3v) is 13.5. The van der Waals surface area contributed by atoms with Crippen molar-refractivity contribution in [2.45, 2.75) is 119 Å². The molecule has 0 aromatic heterocycles. The van der Waals surface area contributed by atoms with Crippen LogP contribution in [0.25, 0.3) is 0 Å². The molecule has 0 aromatic carbocycles. The summed E-state index contributed by atoms with van der Waals surface area (Å²) in [5, 5.41) is 10.9. The van der Waals surface area contributed by atoms with Crippen molar-refractivity contribution in [3.63, 3.8) is 0 Å². The molecule has 0 aromatic rings. The number of hydrogen-bond acceptors (Lipinski definition) is 1. The molecule has 10 atom stereocenters. The van der Waals surface area contributed by atoms with Crippen LogP contribution in [-0.2, 0) is 0 Å². The number of aliphatic hydroxyl groups is 1. The average molecular weight is 427 g/mol. The van der Waals surface area contributed by atoms with Gasteiger partial charge in [0.2, 0.25) is 0 Å². The van der Waals surface area contributed by atoms with E-state index < -0.39 is 0 Å². The molecule has 0 heterocycles. The van der Waals surface area contributed by atoms with Crippen molar-refractivity contribution in [2.75, 3.05) is 0 Å². The first-order valence-electron chi connectivity index (χ1n) is 13.6. The second kappa shape index (κ2) is 6.64. The molecule has 5 aliphatic carbocycles. The molecular formula is C30H50O. The Bertz CT molecular complexity index is 766. The van der Waals surface area contributed by atoms with Gasteiger partial charge in [-0.15, -0.1) is 0 Å². The summed E-state index contributed by atoms with van der Waals surface area (Å²) in [6.07, 6.45) is 13.4. The Morgan fingerprint density at radius 2 is 1.45 bits per heavy atom. The first-order valence-corrected chi connectivity index (χ1v) is 13.6. The molecule has 0 saturated heterocycles.